The SMILES string of the molecule is CC(C)(C)CCOC(=O)n1c(C(=O)O)cc2ccc(NS(C)(=O)=O)cc21. The third-order valence-electron chi connectivity index (χ3n) is 3.59. The van der Waals surface area contributed by atoms with Gasteiger partial charge in [0.2, 0.25) is 10.0 Å². The molecule has 0 saturated heterocycles. The zero-order chi connectivity index (χ0) is 19.7. The van der Waals surface area contributed by atoms with Gasteiger partial charge in [-0.25, -0.2) is 22.6 Å². The number of anilines is 1. The monoisotopic (exact) mass is 382 g/mol. The Hall–Kier alpha value is -2.55. The molecule has 2 rings (SSSR count). The Kier molecular flexibility index (Phi) is 5.31. The first-order valence-corrected chi connectivity index (χ1v) is 9.80. The number of nitrogens with one attached hydrogen (secondary N) is 1. The first kappa shape index (κ1) is 19.8. The van der Waals surface area contributed by atoms with Crippen LogP contribution in [-0.2, 0) is 14.8 Å². The van der Waals surface area contributed by atoms with Crippen molar-refractivity contribution in [2.24, 2.45) is 5.41 Å². The zero-order valence-corrected chi connectivity index (χ0v) is 15.9. The average molecular weight is 382 g/mol. The van der Waals surface area contributed by atoms with Crippen LogP contribution >= 0.6 is 0 Å². The molecule has 0 unspecified atom stereocenters. The van der Waals surface area contributed by atoms with Crippen molar-refractivity contribution in [2.75, 3.05) is 17.6 Å². The van der Waals surface area contributed by atoms with Crippen LogP contribution in [-0.4, -0.2) is 43.0 Å². The number of nitrogens with zero attached hydrogens (tertiary/aromatic N) is 1. The molecule has 0 fully saturated rings. The minimum absolute atomic E-state index is 0.0404. The summed E-state index contributed by atoms with van der Waals surface area (Å²) in [7, 11) is -3.51. The highest BCUT2D eigenvalue weighted by atomic mass is 32.2. The molecule has 0 aliphatic carbocycles. The van der Waals surface area contributed by atoms with Crippen LogP contribution in [0.4, 0.5) is 10.5 Å². The molecule has 0 radical (unpaired) electrons. The second kappa shape index (κ2) is 6.99. The number of aromatic nitrogens is 1. The van der Waals surface area contributed by atoms with E-state index in [4.69, 9.17) is 4.74 Å². The van der Waals surface area contributed by atoms with E-state index in [1.807, 2.05) is 20.8 Å². The zero-order valence-electron chi connectivity index (χ0n) is 15.1. The van der Waals surface area contributed by atoms with Gasteiger partial charge in [0.25, 0.3) is 0 Å². The number of carbonyl (C=O) groups excluding carboxylic acids is 1. The highest BCUT2D eigenvalue weighted by Gasteiger charge is 2.22. The van der Waals surface area contributed by atoms with E-state index >= 15 is 0 Å². The number of benzene rings is 1. The molecule has 0 spiro atoms. The largest absolute Gasteiger partial charge is 0.477 e. The topological polar surface area (TPSA) is 115 Å². The molecule has 1 aromatic heterocycles. The van der Waals surface area contributed by atoms with Gasteiger partial charge >= 0.3 is 12.1 Å². The Bertz CT molecular complexity index is 954. The van der Waals surface area contributed by atoms with E-state index in [0.29, 0.717) is 11.8 Å². The minimum Gasteiger partial charge on any atom is -0.477 e. The Morgan fingerprint density at radius 2 is 1.88 bits per heavy atom. The van der Waals surface area contributed by atoms with Crippen LogP contribution in [0.2, 0.25) is 0 Å². The number of carboxylic acid groups (broad SMARTS) is 1. The Balaban J connectivity index is 2.43. The molecule has 0 atom stereocenters. The van der Waals surface area contributed by atoms with Crippen LogP contribution in [0.15, 0.2) is 24.3 Å². The minimum atomic E-state index is -3.51. The highest BCUT2D eigenvalue weighted by molar-refractivity contribution is 7.92. The lowest BCUT2D eigenvalue weighted by atomic mass is 9.93. The molecular weight excluding hydrogens is 360 g/mol. The van der Waals surface area contributed by atoms with Crippen molar-refractivity contribution in [3.8, 4) is 0 Å². The van der Waals surface area contributed by atoms with Gasteiger partial charge in [-0.1, -0.05) is 26.8 Å². The van der Waals surface area contributed by atoms with Gasteiger partial charge in [0, 0.05) is 5.39 Å². The van der Waals surface area contributed by atoms with Crippen molar-refractivity contribution in [1.82, 2.24) is 4.57 Å². The molecule has 0 aliphatic heterocycles. The van der Waals surface area contributed by atoms with Crippen LogP contribution in [0, 0.1) is 5.41 Å². The highest BCUT2D eigenvalue weighted by Crippen LogP contribution is 2.25. The standard InChI is InChI=1S/C17H22N2O6S/c1-17(2,3)7-8-25-16(22)19-13-10-12(18-26(4,23)24)6-5-11(13)9-14(19)15(20)21/h5-6,9-10,18H,7-8H2,1-4H3,(H,20,21). The number of sulfonamides is 1. The van der Waals surface area contributed by atoms with Crippen LogP contribution in [0.5, 0.6) is 0 Å². The van der Waals surface area contributed by atoms with Gasteiger partial charge in [-0.15, -0.1) is 0 Å². The lowest BCUT2D eigenvalue weighted by Gasteiger charge is -2.18. The molecule has 2 N–H and O–H groups in total. The summed E-state index contributed by atoms with van der Waals surface area (Å²) in [6.45, 7) is 6.13. The van der Waals surface area contributed by atoms with Crippen LogP contribution in [0.1, 0.15) is 37.7 Å². The van der Waals surface area contributed by atoms with Crippen LogP contribution < -0.4 is 4.72 Å². The van der Waals surface area contributed by atoms with E-state index in [0.717, 1.165) is 10.8 Å². The third-order valence-corrected chi connectivity index (χ3v) is 4.19. The molecule has 0 saturated carbocycles. The van der Waals surface area contributed by atoms with Gasteiger partial charge in [-0.05, 0) is 30.0 Å². The molecular formula is C17H22N2O6S. The number of ether oxygens (including phenoxy) is 1. The predicted molar refractivity (Wildman–Crippen MR) is 98.2 cm³/mol. The van der Waals surface area contributed by atoms with Gasteiger partial charge in [0.15, 0.2) is 0 Å². The Morgan fingerprint density at radius 3 is 2.42 bits per heavy atom. The number of hydrogen-bond acceptors (Lipinski definition) is 5. The van der Waals surface area contributed by atoms with Crippen molar-refractivity contribution in [2.45, 2.75) is 27.2 Å². The molecule has 26 heavy (non-hydrogen) atoms. The second-order valence-corrected chi connectivity index (χ2v) is 8.99. The molecule has 1 aromatic carbocycles. The van der Waals surface area contributed by atoms with Crippen molar-refractivity contribution >= 4 is 38.7 Å². The van der Waals surface area contributed by atoms with Gasteiger partial charge < -0.3 is 9.84 Å². The lowest BCUT2D eigenvalue weighted by Crippen LogP contribution is -2.21. The van der Waals surface area contributed by atoms with Crippen molar-refractivity contribution in [3.05, 3.63) is 30.0 Å². The fourth-order valence-electron chi connectivity index (χ4n) is 2.34. The van der Waals surface area contributed by atoms with E-state index in [9.17, 15) is 23.1 Å². The number of fused-ring (bicyclic) bond motifs is 1. The molecule has 8 nitrogen and oxygen atoms in total. The van der Waals surface area contributed by atoms with Crippen molar-refractivity contribution < 1.29 is 27.9 Å². The number of rotatable bonds is 5. The number of carbonyl (C=O) groups is 2. The summed E-state index contributed by atoms with van der Waals surface area (Å²) in [5.74, 6) is -1.29. The fraction of sp³-hybridized carbons (Fsp3) is 0.412. The first-order valence-electron chi connectivity index (χ1n) is 7.91. The predicted octanol–water partition coefficient (Wildman–Crippen LogP) is 3.13. The normalized spacial score (nSPS) is 12.2. The summed E-state index contributed by atoms with van der Waals surface area (Å²) < 4.78 is 31.3. The molecule has 0 amide bonds. The van der Waals surface area contributed by atoms with Gasteiger partial charge in [-0.2, -0.15) is 0 Å². The van der Waals surface area contributed by atoms with E-state index in [1.54, 1.807) is 0 Å². The van der Waals surface area contributed by atoms with E-state index in [2.05, 4.69) is 4.72 Å². The summed E-state index contributed by atoms with van der Waals surface area (Å²) in [6, 6.07) is 5.76. The average Bonchev–Trinajstić information content (AvgIpc) is 2.83. The smallest absolute Gasteiger partial charge is 0.419 e. The number of carboxylic acids is 1. The van der Waals surface area contributed by atoms with E-state index < -0.39 is 22.1 Å². The Labute approximate surface area is 151 Å². The quantitative estimate of drug-likeness (QED) is 0.821. The maximum atomic E-state index is 12.5. The van der Waals surface area contributed by atoms with Gasteiger partial charge in [0.1, 0.15) is 5.69 Å². The lowest BCUT2D eigenvalue weighted by molar-refractivity contribution is 0.0680. The molecule has 9 heteroatoms. The summed E-state index contributed by atoms with van der Waals surface area (Å²) in [4.78, 5) is 24.0. The fourth-order valence-corrected chi connectivity index (χ4v) is 2.90. The third kappa shape index (κ3) is 4.98. The summed E-state index contributed by atoms with van der Waals surface area (Å²) in [5, 5.41) is 9.87. The molecule has 142 valence electrons. The van der Waals surface area contributed by atoms with Gasteiger partial charge in [-0.3, -0.25) is 4.72 Å². The molecule has 2 aromatic rings. The van der Waals surface area contributed by atoms with Crippen LogP contribution in [0.25, 0.3) is 10.9 Å². The number of hydrogen-bond donors (Lipinski definition) is 2. The van der Waals surface area contributed by atoms with E-state index in [-0.39, 0.29) is 28.9 Å². The van der Waals surface area contributed by atoms with Crippen molar-refractivity contribution in [3.63, 3.8) is 0 Å². The maximum Gasteiger partial charge on any atom is 0.419 e. The Morgan fingerprint density at radius 1 is 1.23 bits per heavy atom. The second-order valence-electron chi connectivity index (χ2n) is 7.24. The number of aromatic carboxylic acids is 1. The summed E-state index contributed by atoms with van der Waals surface area (Å²) in [6.07, 6.45) is 0.791. The van der Waals surface area contributed by atoms with Gasteiger partial charge in [0.05, 0.1) is 24.1 Å². The van der Waals surface area contributed by atoms with Crippen LogP contribution in [0.3, 0.4) is 0 Å². The summed E-state index contributed by atoms with van der Waals surface area (Å²) >= 11 is 0. The molecule has 1 heterocycles. The van der Waals surface area contributed by atoms with Crippen molar-refractivity contribution in [1.29, 1.82) is 0 Å². The van der Waals surface area contributed by atoms with E-state index in [1.165, 1.54) is 24.3 Å². The molecule has 0 bridgehead atoms. The first-order chi connectivity index (χ1) is 11.9. The summed E-state index contributed by atoms with van der Waals surface area (Å²) in [5.41, 5.74) is 0.175. The maximum absolute atomic E-state index is 12.5. The molecule has 0 aliphatic rings.